The molecule has 2 rings (SSSR count). The molecule has 1 unspecified atom stereocenters. The summed E-state index contributed by atoms with van der Waals surface area (Å²) < 4.78 is 45.5. The highest BCUT2D eigenvalue weighted by Gasteiger charge is 2.19. The molecule has 1 heterocycles. The summed E-state index contributed by atoms with van der Waals surface area (Å²) in [6.07, 6.45) is -0.453. The molecule has 0 aliphatic heterocycles. The molecule has 0 spiro atoms. The number of halogens is 2. The van der Waals surface area contributed by atoms with Crippen LogP contribution in [0.25, 0.3) is 0 Å². The molecule has 1 N–H and O–H groups in total. The number of ether oxygens (including phenoxy) is 1. The van der Waals surface area contributed by atoms with Crippen molar-refractivity contribution in [3.8, 4) is 0 Å². The Morgan fingerprint density at radius 2 is 2.14 bits per heavy atom. The molecule has 4 nitrogen and oxygen atoms in total. The Morgan fingerprint density at radius 1 is 1.38 bits per heavy atom. The summed E-state index contributed by atoms with van der Waals surface area (Å²) in [6.45, 7) is 0.0339. The van der Waals surface area contributed by atoms with Crippen LogP contribution in [-0.2, 0) is 14.8 Å². The highest BCUT2D eigenvalue weighted by atomic mass is 35.5. The van der Waals surface area contributed by atoms with Gasteiger partial charge in [-0.2, -0.15) is 0 Å². The Kier molecular flexibility index (Phi) is 5.34. The van der Waals surface area contributed by atoms with E-state index in [1.165, 1.54) is 36.6 Å². The average Bonchev–Trinajstić information content (AvgIpc) is 2.86. The van der Waals surface area contributed by atoms with Crippen LogP contribution in [0.5, 0.6) is 0 Å². The molecule has 0 aliphatic carbocycles. The maximum Gasteiger partial charge on any atom is 0.240 e. The zero-order valence-electron chi connectivity index (χ0n) is 11.0. The van der Waals surface area contributed by atoms with Gasteiger partial charge >= 0.3 is 0 Å². The number of hydrogen-bond donors (Lipinski definition) is 1. The van der Waals surface area contributed by atoms with Crippen LogP contribution in [0.1, 0.15) is 11.0 Å². The maximum absolute atomic E-state index is 13.1. The van der Waals surface area contributed by atoms with Crippen molar-refractivity contribution < 1.29 is 17.5 Å². The summed E-state index contributed by atoms with van der Waals surface area (Å²) in [5.41, 5.74) is 0. The summed E-state index contributed by atoms with van der Waals surface area (Å²) >= 11 is 7.16. The third-order valence-corrected chi connectivity index (χ3v) is 5.51. The molecule has 0 bridgehead atoms. The van der Waals surface area contributed by atoms with E-state index in [1.54, 1.807) is 12.1 Å². The molecule has 0 fully saturated rings. The molecule has 114 valence electrons. The summed E-state index contributed by atoms with van der Waals surface area (Å²) in [6, 6.07) is 8.31. The number of thiophene rings is 1. The molecular formula is C13H13ClFNO3S2. The third kappa shape index (κ3) is 4.24. The van der Waals surface area contributed by atoms with E-state index in [1.807, 2.05) is 0 Å². The lowest BCUT2D eigenvalue weighted by atomic mass is 10.3. The van der Waals surface area contributed by atoms with Gasteiger partial charge in [0.05, 0.1) is 9.23 Å². The Morgan fingerprint density at radius 3 is 2.71 bits per heavy atom. The standard InChI is InChI=1S/C13H13ClFNO3S2/c1-19-11(12-5-6-13(14)20-12)8-16-21(17,18)10-4-2-3-9(15)7-10/h2-7,11,16H,8H2,1H3. The van der Waals surface area contributed by atoms with Crippen LogP contribution in [0.3, 0.4) is 0 Å². The number of hydrogen-bond acceptors (Lipinski definition) is 4. The Hall–Kier alpha value is -0.990. The fourth-order valence-corrected chi connectivity index (χ4v) is 3.91. The van der Waals surface area contributed by atoms with Gasteiger partial charge in [-0.3, -0.25) is 0 Å². The van der Waals surface area contributed by atoms with E-state index in [9.17, 15) is 12.8 Å². The van der Waals surface area contributed by atoms with E-state index < -0.39 is 21.9 Å². The predicted octanol–water partition coefficient (Wildman–Crippen LogP) is 3.21. The van der Waals surface area contributed by atoms with Crippen molar-refractivity contribution in [1.29, 1.82) is 0 Å². The van der Waals surface area contributed by atoms with Gasteiger partial charge in [0.2, 0.25) is 10.0 Å². The first-order valence-corrected chi connectivity index (χ1v) is 8.63. The number of nitrogens with one attached hydrogen (secondary N) is 1. The van der Waals surface area contributed by atoms with Gasteiger partial charge < -0.3 is 4.74 Å². The smallest absolute Gasteiger partial charge is 0.240 e. The number of rotatable bonds is 6. The molecule has 0 saturated heterocycles. The minimum absolute atomic E-state index is 0.0339. The molecule has 21 heavy (non-hydrogen) atoms. The van der Waals surface area contributed by atoms with Gasteiger partial charge in [0.15, 0.2) is 0 Å². The Bertz CT molecular complexity index is 718. The SMILES string of the molecule is COC(CNS(=O)(=O)c1cccc(F)c1)c1ccc(Cl)s1. The first kappa shape index (κ1) is 16.4. The van der Waals surface area contributed by atoms with Crippen LogP contribution < -0.4 is 4.72 Å². The van der Waals surface area contributed by atoms with Gasteiger partial charge in [-0.25, -0.2) is 17.5 Å². The second-order valence-electron chi connectivity index (χ2n) is 4.18. The van der Waals surface area contributed by atoms with E-state index in [-0.39, 0.29) is 11.4 Å². The van der Waals surface area contributed by atoms with Gasteiger partial charge in [-0.1, -0.05) is 17.7 Å². The van der Waals surface area contributed by atoms with E-state index in [0.717, 1.165) is 10.9 Å². The number of methoxy groups -OCH3 is 1. The lowest BCUT2D eigenvalue weighted by Gasteiger charge is -2.14. The summed E-state index contributed by atoms with van der Waals surface area (Å²) in [5.74, 6) is -0.605. The van der Waals surface area contributed by atoms with Crippen molar-refractivity contribution in [3.63, 3.8) is 0 Å². The third-order valence-electron chi connectivity index (χ3n) is 2.76. The van der Waals surface area contributed by atoms with Gasteiger partial charge in [0.1, 0.15) is 11.9 Å². The monoisotopic (exact) mass is 349 g/mol. The molecule has 1 atom stereocenters. The van der Waals surface area contributed by atoms with Crippen LogP contribution in [0.15, 0.2) is 41.3 Å². The van der Waals surface area contributed by atoms with Crippen LogP contribution in [0.4, 0.5) is 4.39 Å². The van der Waals surface area contributed by atoms with Gasteiger partial charge in [-0.15, -0.1) is 11.3 Å². The average molecular weight is 350 g/mol. The van der Waals surface area contributed by atoms with Crippen molar-refractivity contribution >= 4 is 33.0 Å². The molecule has 0 radical (unpaired) electrons. The topological polar surface area (TPSA) is 55.4 Å². The first-order valence-electron chi connectivity index (χ1n) is 5.95. The molecule has 2 aromatic rings. The molecule has 8 heteroatoms. The van der Waals surface area contributed by atoms with Crippen molar-refractivity contribution in [3.05, 3.63) is 51.4 Å². The quantitative estimate of drug-likeness (QED) is 0.871. The molecule has 0 saturated carbocycles. The number of sulfonamides is 1. The normalized spacial score (nSPS) is 13.3. The van der Waals surface area contributed by atoms with Crippen LogP contribution in [0.2, 0.25) is 4.34 Å². The second kappa shape index (κ2) is 6.85. The second-order valence-corrected chi connectivity index (χ2v) is 7.69. The van der Waals surface area contributed by atoms with Gasteiger partial charge in [0, 0.05) is 18.5 Å². The maximum atomic E-state index is 13.1. The van der Waals surface area contributed by atoms with Crippen molar-refractivity contribution in [2.24, 2.45) is 0 Å². The molecule has 1 aromatic heterocycles. The lowest BCUT2D eigenvalue weighted by Crippen LogP contribution is -2.29. The van der Waals surface area contributed by atoms with Gasteiger partial charge in [0.25, 0.3) is 0 Å². The molecule has 1 aromatic carbocycles. The predicted molar refractivity (Wildman–Crippen MR) is 80.7 cm³/mol. The molecular weight excluding hydrogens is 337 g/mol. The zero-order chi connectivity index (χ0) is 15.5. The van der Waals surface area contributed by atoms with Crippen LogP contribution in [0, 0.1) is 5.82 Å². The Balaban J connectivity index is 2.10. The minimum atomic E-state index is -3.79. The fraction of sp³-hybridized carbons (Fsp3) is 0.231. The largest absolute Gasteiger partial charge is 0.375 e. The van der Waals surface area contributed by atoms with Gasteiger partial charge in [-0.05, 0) is 30.3 Å². The van der Waals surface area contributed by atoms with Crippen LogP contribution in [-0.4, -0.2) is 22.1 Å². The highest BCUT2D eigenvalue weighted by molar-refractivity contribution is 7.89. The summed E-state index contributed by atoms with van der Waals surface area (Å²) in [4.78, 5) is 0.686. The fourth-order valence-electron chi connectivity index (χ4n) is 1.70. The Labute approximate surface area is 131 Å². The minimum Gasteiger partial charge on any atom is -0.375 e. The van der Waals surface area contributed by atoms with Crippen LogP contribution >= 0.6 is 22.9 Å². The number of benzene rings is 1. The molecule has 0 aliphatic rings. The van der Waals surface area contributed by atoms with E-state index >= 15 is 0 Å². The summed E-state index contributed by atoms with van der Waals surface area (Å²) in [7, 11) is -2.31. The van der Waals surface area contributed by atoms with Crippen molar-refractivity contribution in [1.82, 2.24) is 4.72 Å². The van der Waals surface area contributed by atoms with Crippen molar-refractivity contribution in [2.45, 2.75) is 11.0 Å². The van der Waals surface area contributed by atoms with E-state index in [2.05, 4.69) is 4.72 Å². The zero-order valence-corrected chi connectivity index (χ0v) is 13.4. The summed E-state index contributed by atoms with van der Waals surface area (Å²) in [5, 5.41) is 0. The highest BCUT2D eigenvalue weighted by Crippen LogP contribution is 2.28. The molecule has 0 amide bonds. The van der Waals surface area contributed by atoms with Crippen molar-refractivity contribution in [2.75, 3.05) is 13.7 Å². The van der Waals surface area contributed by atoms with E-state index in [4.69, 9.17) is 16.3 Å². The lowest BCUT2D eigenvalue weighted by molar-refractivity contribution is 0.110. The first-order chi connectivity index (χ1) is 9.92. The van der Waals surface area contributed by atoms with E-state index in [0.29, 0.717) is 4.34 Å².